The molecule has 1 aliphatic rings. The number of esters is 1. The van der Waals surface area contributed by atoms with E-state index in [1.165, 1.54) is 30.6 Å². The van der Waals surface area contributed by atoms with E-state index >= 15 is 0 Å². The van der Waals surface area contributed by atoms with E-state index in [9.17, 15) is 14.0 Å². The lowest BCUT2D eigenvalue weighted by Crippen LogP contribution is -2.50. The second-order valence-electron chi connectivity index (χ2n) is 5.63. The first-order valence-electron chi connectivity index (χ1n) is 7.99. The Kier molecular flexibility index (Phi) is 5.23. The summed E-state index contributed by atoms with van der Waals surface area (Å²) >= 11 is 0. The molecular formula is C18H18FN3O3. The van der Waals surface area contributed by atoms with Crippen molar-refractivity contribution in [2.45, 2.75) is 0 Å². The van der Waals surface area contributed by atoms with Crippen molar-refractivity contribution >= 4 is 17.6 Å². The zero-order valence-corrected chi connectivity index (χ0v) is 13.6. The minimum atomic E-state index is -0.555. The standard InChI is InChI=1S/C18H18FN3O3/c19-15-3-1-2-4-16(15)21-9-11-22(12-10-21)17(23)13-25-18(24)14-5-7-20-8-6-14/h1-8H,9-13H2. The van der Waals surface area contributed by atoms with Gasteiger partial charge in [0.1, 0.15) is 5.82 Å². The van der Waals surface area contributed by atoms with Crippen LogP contribution in [0.3, 0.4) is 0 Å². The van der Waals surface area contributed by atoms with Gasteiger partial charge in [-0.2, -0.15) is 0 Å². The van der Waals surface area contributed by atoms with Crippen molar-refractivity contribution in [1.82, 2.24) is 9.88 Å². The van der Waals surface area contributed by atoms with Crippen LogP contribution in [0.5, 0.6) is 0 Å². The number of benzene rings is 1. The monoisotopic (exact) mass is 343 g/mol. The Bertz CT molecular complexity index is 746. The highest BCUT2D eigenvalue weighted by molar-refractivity contribution is 5.91. The fraction of sp³-hybridized carbons (Fsp3) is 0.278. The van der Waals surface area contributed by atoms with Crippen molar-refractivity contribution in [3.05, 3.63) is 60.2 Å². The maximum Gasteiger partial charge on any atom is 0.338 e. The molecule has 130 valence electrons. The smallest absolute Gasteiger partial charge is 0.338 e. The van der Waals surface area contributed by atoms with Gasteiger partial charge in [0.25, 0.3) is 5.91 Å². The number of carbonyl (C=O) groups is 2. The number of para-hydroxylation sites is 1. The summed E-state index contributed by atoms with van der Waals surface area (Å²) in [4.78, 5) is 31.4. The lowest BCUT2D eigenvalue weighted by Gasteiger charge is -2.36. The number of halogens is 1. The van der Waals surface area contributed by atoms with Gasteiger partial charge in [-0.15, -0.1) is 0 Å². The first kappa shape index (κ1) is 16.9. The summed E-state index contributed by atoms with van der Waals surface area (Å²) in [6.07, 6.45) is 2.97. The van der Waals surface area contributed by atoms with Crippen LogP contribution in [-0.4, -0.2) is 54.5 Å². The molecule has 2 aromatic rings. The summed E-state index contributed by atoms with van der Waals surface area (Å²) in [6, 6.07) is 9.64. The molecule has 3 rings (SSSR count). The van der Waals surface area contributed by atoms with Crippen molar-refractivity contribution < 1.29 is 18.7 Å². The molecule has 0 aliphatic carbocycles. The molecule has 6 nitrogen and oxygen atoms in total. The van der Waals surface area contributed by atoms with E-state index in [0.29, 0.717) is 37.4 Å². The van der Waals surface area contributed by atoms with Gasteiger partial charge in [0.15, 0.2) is 6.61 Å². The van der Waals surface area contributed by atoms with Gasteiger partial charge < -0.3 is 14.5 Å². The second kappa shape index (κ2) is 7.74. The van der Waals surface area contributed by atoms with Crippen molar-refractivity contribution in [3.8, 4) is 0 Å². The number of piperazine rings is 1. The van der Waals surface area contributed by atoms with Crippen LogP contribution in [0.25, 0.3) is 0 Å². The summed E-state index contributed by atoms with van der Waals surface area (Å²) in [5, 5.41) is 0. The largest absolute Gasteiger partial charge is 0.452 e. The number of carbonyl (C=O) groups excluding carboxylic acids is 2. The summed E-state index contributed by atoms with van der Waals surface area (Å²) in [7, 11) is 0. The molecule has 0 atom stereocenters. The molecule has 0 N–H and O–H groups in total. The van der Waals surface area contributed by atoms with Crippen LogP contribution in [0.2, 0.25) is 0 Å². The number of aromatic nitrogens is 1. The number of anilines is 1. The lowest BCUT2D eigenvalue weighted by atomic mass is 10.2. The number of pyridine rings is 1. The zero-order valence-electron chi connectivity index (χ0n) is 13.6. The molecule has 0 radical (unpaired) electrons. The molecule has 1 amide bonds. The van der Waals surface area contributed by atoms with Crippen molar-refractivity contribution in [1.29, 1.82) is 0 Å². The van der Waals surface area contributed by atoms with Gasteiger partial charge in [-0.1, -0.05) is 12.1 Å². The third-order valence-electron chi connectivity index (χ3n) is 4.07. The molecule has 25 heavy (non-hydrogen) atoms. The summed E-state index contributed by atoms with van der Waals surface area (Å²) in [5.74, 6) is -1.08. The van der Waals surface area contributed by atoms with Gasteiger partial charge in [0.05, 0.1) is 11.3 Å². The summed E-state index contributed by atoms with van der Waals surface area (Å²) in [5.41, 5.74) is 0.894. The first-order valence-corrected chi connectivity index (χ1v) is 7.99. The topological polar surface area (TPSA) is 62.7 Å². The van der Waals surface area contributed by atoms with Crippen LogP contribution in [-0.2, 0) is 9.53 Å². The molecule has 7 heteroatoms. The third-order valence-corrected chi connectivity index (χ3v) is 4.07. The Hall–Kier alpha value is -2.96. The molecule has 0 unspecified atom stereocenters. The molecule has 0 saturated carbocycles. The lowest BCUT2D eigenvalue weighted by molar-refractivity contribution is -0.134. The summed E-state index contributed by atoms with van der Waals surface area (Å²) < 4.78 is 18.9. The average molecular weight is 343 g/mol. The fourth-order valence-electron chi connectivity index (χ4n) is 2.69. The van der Waals surface area contributed by atoms with E-state index in [2.05, 4.69) is 4.98 Å². The number of rotatable bonds is 4. The number of ether oxygens (including phenoxy) is 1. The van der Waals surface area contributed by atoms with E-state index < -0.39 is 5.97 Å². The number of hydrogen-bond acceptors (Lipinski definition) is 5. The van der Waals surface area contributed by atoms with Gasteiger partial charge in [0.2, 0.25) is 0 Å². The van der Waals surface area contributed by atoms with Crippen LogP contribution in [0.4, 0.5) is 10.1 Å². The number of nitrogens with zero attached hydrogens (tertiary/aromatic N) is 3. The highest BCUT2D eigenvalue weighted by Gasteiger charge is 2.23. The van der Waals surface area contributed by atoms with Crippen LogP contribution in [0.1, 0.15) is 10.4 Å². The van der Waals surface area contributed by atoms with Crippen molar-refractivity contribution in [3.63, 3.8) is 0 Å². The Labute approximate surface area is 144 Å². The van der Waals surface area contributed by atoms with E-state index in [1.54, 1.807) is 23.1 Å². The van der Waals surface area contributed by atoms with Gasteiger partial charge >= 0.3 is 5.97 Å². The van der Waals surface area contributed by atoms with Gasteiger partial charge in [-0.3, -0.25) is 9.78 Å². The molecule has 0 bridgehead atoms. The Balaban J connectivity index is 1.49. The highest BCUT2D eigenvalue weighted by atomic mass is 19.1. The fourth-order valence-corrected chi connectivity index (χ4v) is 2.69. The zero-order chi connectivity index (χ0) is 17.6. The third kappa shape index (κ3) is 4.12. The molecule has 0 spiro atoms. The minimum absolute atomic E-state index is 0.254. The van der Waals surface area contributed by atoms with E-state index in [-0.39, 0.29) is 18.3 Å². The number of amides is 1. The minimum Gasteiger partial charge on any atom is -0.452 e. The Morgan fingerprint density at radius 3 is 2.40 bits per heavy atom. The predicted octanol–water partition coefficient (Wildman–Crippen LogP) is 1.73. The maximum atomic E-state index is 13.8. The summed E-state index contributed by atoms with van der Waals surface area (Å²) in [6.45, 7) is 1.68. The van der Waals surface area contributed by atoms with Gasteiger partial charge in [-0.05, 0) is 24.3 Å². The number of hydrogen-bond donors (Lipinski definition) is 0. The first-order chi connectivity index (χ1) is 12.1. The normalized spacial score (nSPS) is 14.3. The molecule has 1 aromatic carbocycles. The molecule has 1 aromatic heterocycles. The van der Waals surface area contributed by atoms with E-state index in [0.717, 1.165) is 0 Å². The molecule has 2 heterocycles. The van der Waals surface area contributed by atoms with Gasteiger partial charge in [-0.25, -0.2) is 9.18 Å². The van der Waals surface area contributed by atoms with E-state index in [4.69, 9.17) is 4.74 Å². The van der Waals surface area contributed by atoms with Crippen molar-refractivity contribution in [2.75, 3.05) is 37.7 Å². The Morgan fingerprint density at radius 1 is 1.04 bits per heavy atom. The second-order valence-corrected chi connectivity index (χ2v) is 5.63. The molecular weight excluding hydrogens is 325 g/mol. The maximum absolute atomic E-state index is 13.8. The molecule has 1 saturated heterocycles. The van der Waals surface area contributed by atoms with Crippen LogP contribution < -0.4 is 4.90 Å². The van der Waals surface area contributed by atoms with Crippen LogP contribution >= 0.6 is 0 Å². The highest BCUT2D eigenvalue weighted by Crippen LogP contribution is 2.20. The van der Waals surface area contributed by atoms with Crippen LogP contribution in [0, 0.1) is 5.82 Å². The average Bonchev–Trinajstić information content (AvgIpc) is 2.67. The van der Waals surface area contributed by atoms with Crippen molar-refractivity contribution in [2.24, 2.45) is 0 Å². The predicted molar refractivity (Wildman–Crippen MR) is 89.7 cm³/mol. The Morgan fingerprint density at radius 2 is 1.72 bits per heavy atom. The molecule has 1 aliphatic heterocycles. The van der Waals surface area contributed by atoms with Gasteiger partial charge in [0, 0.05) is 38.6 Å². The van der Waals surface area contributed by atoms with E-state index in [1.807, 2.05) is 4.90 Å². The SMILES string of the molecule is O=C(OCC(=O)N1CCN(c2ccccc2F)CC1)c1ccncc1. The van der Waals surface area contributed by atoms with Crippen LogP contribution in [0.15, 0.2) is 48.8 Å². The molecule has 1 fully saturated rings. The quantitative estimate of drug-likeness (QED) is 0.791.